The van der Waals surface area contributed by atoms with E-state index in [0.717, 1.165) is 0 Å². The minimum absolute atomic E-state index is 0.642. The van der Waals surface area contributed by atoms with Crippen molar-refractivity contribution in [1.82, 2.24) is 0 Å². The van der Waals surface area contributed by atoms with Crippen molar-refractivity contribution < 1.29 is 23.2 Å². The molecule has 3 aromatic carbocycles. The quantitative estimate of drug-likeness (QED) is 0.347. The van der Waals surface area contributed by atoms with Crippen molar-refractivity contribution in [2.75, 3.05) is 0 Å². The van der Waals surface area contributed by atoms with Gasteiger partial charge >= 0.3 is 187 Å². The van der Waals surface area contributed by atoms with Gasteiger partial charge in [-0.05, 0) is 0 Å². The first-order valence-electron chi connectivity index (χ1n) is 10.4. The summed E-state index contributed by atoms with van der Waals surface area (Å²) in [5.41, 5.74) is 10.2. The molecule has 1 aliphatic rings. The van der Waals surface area contributed by atoms with Crippen LogP contribution in [0.15, 0.2) is 86.7 Å². The Bertz CT molecular complexity index is 1170. The summed E-state index contributed by atoms with van der Waals surface area (Å²) in [4.78, 5) is 0. The van der Waals surface area contributed by atoms with Crippen LogP contribution in [-0.4, -0.2) is 0 Å². The standard InChI is InChI=1S/C20H15.C8H13.Zr/c1-14-12-16-8-5-11-19(20(16)13-14)18-10-4-7-15-6-2-3-9-17(15)18;1-5-7(3)8(4)6-2;/h2-13H,1H3;5H,1-4H3;/b;7-5+,8-6?;. The predicted octanol–water partition coefficient (Wildman–Crippen LogP) is 8.31. The molecule has 1 unspecified atom stereocenters. The van der Waals surface area contributed by atoms with Crippen molar-refractivity contribution in [1.29, 1.82) is 0 Å². The van der Waals surface area contributed by atoms with Gasteiger partial charge in [0.25, 0.3) is 0 Å². The fourth-order valence-corrected chi connectivity index (χ4v) is 8.12. The Morgan fingerprint density at radius 1 is 0.862 bits per heavy atom. The molecule has 0 amide bonds. The molecule has 0 aliphatic heterocycles. The number of benzene rings is 3. The fraction of sp³-hybridized carbons (Fsp3) is 0.214. The first-order chi connectivity index (χ1) is 14.0. The molecule has 1 atom stereocenters. The Morgan fingerprint density at radius 2 is 1.55 bits per heavy atom. The molecule has 0 radical (unpaired) electrons. The minimum atomic E-state index is -0.746. The van der Waals surface area contributed by atoms with E-state index in [1.165, 1.54) is 38.6 Å². The molecule has 0 spiro atoms. The van der Waals surface area contributed by atoms with Gasteiger partial charge in [-0.1, -0.05) is 0 Å². The summed E-state index contributed by atoms with van der Waals surface area (Å²) in [6, 6.07) is 22.3. The Hall–Kier alpha value is -1.98. The zero-order valence-electron chi connectivity index (χ0n) is 18.0. The van der Waals surface area contributed by atoms with Crippen LogP contribution in [-0.2, 0) is 23.2 Å². The molecule has 144 valence electrons. The molecule has 0 bridgehead atoms. The maximum atomic E-state index is 2.46. The van der Waals surface area contributed by atoms with Gasteiger partial charge in [-0.2, -0.15) is 0 Å². The van der Waals surface area contributed by atoms with Crippen LogP contribution in [0.2, 0.25) is 0 Å². The first-order valence-corrected chi connectivity index (χ1v) is 13.0. The molecule has 0 N–H and O–H groups in total. The monoisotopic (exact) mass is 454 g/mol. The maximum absolute atomic E-state index is 2.46. The Balaban J connectivity index is 1.81. The summed E-state index contributed by atoms with van der Waals surface area (Å²) < 4.78 is 2.30. The first kappa shape index (κ1) is 20.3. The SMILES string of the molecule is C/C=C(C)/C(C)=[C](\C)[Zr][CH]1C(C)=Cc2c(-c3cccc4ccccc34)cccc21. The van der Waals surface area contributed by atoms with E-state index in [0.29, 0.717) is 3.63 Å². The van der Waals surface area contributed by atoms with Crippen LogP contribution in [0.4, 0.5) is 0 Å². The molecule has 0 saturated heterocycles. The normalized spacial score (nSPS) is 17.1. The van der Waals surface area contributed by atoms with Crippen LogP contribution in [0.1, 0.15) is 49.4 Å². The molecule has 3 aromatic rings. The topological polar surface area (TPSA) is 0 Å². The molecule has 1 heteroatoms. The van der Waals surface area contributed by atoms with Crippen LogP contribution in [0, 0.1) is 0 Å². The summed E-state index contributed by atoms with van der Waals surface area (Å²) in [6.45, 7) is 11.4. The van der Waals surface area contributed by atoms with Crippen molar-refractivity contribution >= 4 is 16.8 Å². The molecule has 1 aliphatic carbocycles. The van der Waals surface area contributed by atoms with Gasteiger partial charge < -0.3 is 0 Å². The summed E-state index contributed by atoms with van der Waals surface area (Å²) in [5, 5.41) is 2.65. The zero-order valence-corrected chi connectivity index (χ0v) is 20.5. The van der Waals surface area contributed by atoms with Crippen LogP contribution >= 0.6 is 0 Å². The van der Waals surface area contributed by atoms with Crippen molar-refractivity contribution in [2.24, 2.45) is 0 Å². The Morgan fingerprint density at radius 3 is 2.34 bits per heavy atom. The van der Waals surface area contributed by atoms with E-state index >= 15 is 0 Å². The molecular formula is C28H28Zr. The van der Waals surface area contributed by atoms with Crippen molar-refractivity contribution in [3.05, 3.63) is 97.9 Å². The molecule has 4 rings (SSSR count). The van der Waals surface area contributed by atoms with Gasteiger partial charge in [-0.25, -0.2) is 0 Å². The van der Waals surface area contributed by atoms with Gasteiger partial charge in [-0.3, -0.25) is 0 Å². The average molecular weight is 456 g/mol. The summed E-state index contributed by atoms with van der Waals surface area (Å²) in [6.07, 6.45) is 4.70. The molecule has 0 saturated carbocycles. The van der Waals surface area contributed by atoms with Crippen molar-refractivity contribution in [3.63, 3.8) is 0 Å². The third-order valence-corrected chi connectivity index (χ3v) is 10.9. The van der Waals surface area contributed by atoms with Gasteiger partial charge in [0.15, 0.2) is 0 Å². The van der Waals surface area contributed by atoms with E-state index in [1.807, 2.05) is 0 Å². The Kier molecular flexibility index (Phi) is 5.89. The number of allylic oxidation sites excluding steroid dienone is 5. The summed E-state index contributed by atoms with van der Waals surface area (Å²) >= 11 is -0.746. The zero-order chi connectivity index (χ0) is 20.5. The second kappa shape index (κ2) is 8.41. The van der Waals surface area contributed by atoms with E-state index in [-0.39, 0.29) is 0 Å². The number of rotatable bonds is 4. The molecule has 29 heavy (non-hydrogen) atoms. The van der Waals surface area contributed by atoms with E-state index in [2.05, 4.69) is 107 Å². The third-order valence-electron chi connectivity index (χ3n) is 6.31. The summed E-state index contributed by atoms with van der Waals surface area (Å²) in [5.74, 6) is 0. The second-order valence-electron chi connectivity index (χ2n) is 8.02. The fourth-order valence-electron chi connectivity index (χ4n) is 4.28. The van der Waals surface area contributed by atoms with E-state index in [9.17, 15) is 0 Å². The van der Waals surface area contributed by atoms with Crippen molar-refractivity contribution in [3.8, 4) is 11.1 Å². The predicted molar refractivity (Wildman–Crippen MR) is 124 cm³/mol. The Labute approximate surface area is 186 Å². The molecule has 0 heterocycles. The van der Waals surface area contributed by atoms with E-state index < -0.39 is 23.2 Å². The van der Waals surface area contributed by atoms with Gasteiger partial charge in [0.2, 0.25) is 0 Å². The van der Waals surface area contributed by atoms with Gasteiger partial charge in [-0.15, -0.1) is 0 Å². The van der Waals surface area contributed by atoms with Crippen LogP contribution in [0.25, 0.3) is 28.0 Å². The van der Waals surface area contributed by atoms with Gasteiger partial charge in [0.1, 0.15) is 0 Å². The van der Waals surface area contributed by atoms with E-state index in [1.54, 1.807) is 14.4 Å². The molecular weight excluding hydrogens is 428 g/mol. The third kappa shape index (κ3) is 3.78. The van der Waals surface area contributed by atoms with Gasteiger partial charge in [0, 0.05) is 0 Å². The number of fused-ring (bicyclic) bond motifs is 2. The number of hydrogen-bond acceptors (Lipinski definition) is 0. The molecule has 0 aromatic heterocycles. The van der Waals surface area contributed by atoms with Crippen LogP contribution < -0.4 is 0 Å². The number of hydrogen-bond donors (Lipinski definition) is 0. The van der Waals surface area contributed by atoms with E-state index in [4.69, 9.17) is 0 Å². The second-order valence-corrected chi connectivity index (χ2v) is 12.0. The molecule has 0 fully saturated rings. The van der Waals surface area contributed by atoms with Crippen LogP contribution in [0.5, 0.6) is 0 Å². The average Bonchev–Trinajstić information content (AvgIpc) is 3.07. The van der Waals surface area contributed by atoms with Crippen LogP contribution in [0.3, 0.4) is 0 Å². The summed E-state index contributed by atoms with van der Waals surface area (Å²) in [7, 11) is 0. The van der Waals surface area contributed by atoms with Gasteiger partial charge in [0.05, 0.1) is 0 Å². The van der Waals surface area contributed by atoms with Crippen molar-refractivity contribution in [2.45, 2.75) is 38.2 Å². The molecule has 0 nitrogen and oxygen atoms in total.